The maximum absolute atomic E-state index is 3.58. The normalized spacial score (nSPS) is 10.9. The molecule has 1 heterocycles. The van der Waals surface area contributed by atoms with Crippen LogP contribution in [0.4, 0.5) is 0 Å². The molecule has 0 saturated heterocycles. The van der Waals surface area contributed by atoms with Gasteiger partial charge in [0.15, 0.2) is 0 Å². The van der Waals surface area contributed by atoms with Gasteiger partial charge in [-0.15, -0.1) is 0 Å². The molecule has 3 heteroatoms. The highest BCUT2D eigenvalue weighted by Crippen LogP contribution is 2.18. The van der Waals surface area contributed by atoms with Gasteiger partial charge in [0.25, 0.3) is 0 Å². The van der Waals surface area contributed by atoms with Crippen LogP contribution in [0.3, 0.4) is 0 Å². The zero-order valence-electron chi connectivity index (χ0n) is 9.19. The van der Waals surface area contributed by atoms with E-state index in [0.29, 0.717) is 0 Å². The van der Waals surface area contributed by atoms with Crippen molar-refractivity contribution in [3.8, 4) is 0 Å². The minimum Gasteiger partial charge on any atom is -0.298 e. The van der Waals surface area contributed by atoms with Crippen LogP contribution in [-0.2, 0) is 13.1 Å². The van der Waals surface area contributed by atoms with Crippen LogP contribution in [0, 0.1) is 0 Å². The first-order valence-corrected chi connectivity index (χ1v) is 6.92. The van der Waals surface area contributed by atoms with Crippen LogP contribution in [-0.4, -0.2) is 11.9 Å². The number of thiophene rings is 1. The van der Waals surface area contributed by atoms with Crippen molar-refractivity contribution in [2.75, 3.05) is 7.05 Å². The van der Waals surface area contributed by atoms with Gasteiger partial charge in [-0.1, -0.05) is 34.1 Å². The molecule has 16 heavy (non-hydrogen) atoms. The minimum atomic E-state index is 0.970. The average molecular weight is 296 g/mol. The van der Waals surface area contributed by atoms with E-state index in [0.717, 1.165) is 13.1 Å². The first-order chi connectivity index (χ1) is 7.75. The Morgan fingerprint density at radius 3 is 2.69 bits per heavy atom. The van der Waals surface area contributed by atoms with Gasteiger partial charge >= 0.3 is 0 Å². The molecule has 0 N–H and O–H groups in total. The van der Waals surface area contributed by atoms with E-state index >= 15 is 0 Å². The van der Waals surface area contributed by atoms with Crippen molar-refractivity contribution in [3.05, 3.63) is 56.7 Å². The van der Waals surface area contributed by atoms with Crippen molar-refractivity contribution >= 4 is 27.3 Å². The quantitative estimate of drug-likeness (QED) is 0.819. The molecule has 0 aliphatic heterocycles. The number of hydrogen-bond acceptors (Lipinski definition) is 2. The Kier molecular flexibility index (Phi) is 4.16. The summed E-state index contributed by atoms with van der Waals surface area (Å²) in [7, 11) is 2.15. The van der Waals surface area contributed by atoms with Crippen LogP contribution in [0.2, 0.25) is 0 Å². The standard InChI is InChI=1S/C13H14BrNS/c1-15(8-11-6-7-16-10-11)9-12-4-2-3-5-13(12)14/h2-7,10H,8-9H2,1H3. The lowest BCUT2D eigenvalue weighted by Crippen LogP contribution is -2.17. The van der Waals surface area contributed by atoms with E-state index in [2.05, 4.69) is 62.9 Å². The molecule has 2 rings (SSSR count). The van der Waals surface area contributed by atoms with E-state index in [1.165, 1.54) is 15.6 Å². The Hall–Kier alpha value is -0.640. The maximum atomic E-state index is 3.58. The minimum absolute atomic E-state index is 0.970. The molecule has 84 valence electrons. The Morgan fingerprint density at radius 1 is 1.19 bits per heavy atom. The second-order valence-corrected chi connectivity index (χ2v) is 5.53. The molecule has 0 aliphatic rings. The monoisotopic (exact) mass is 295 g/mol. The van der Waals surface area contributed by atoms with Gasteiger partial charge in [0.05, 0.1) is 0 Å². The third-order valence-electron chi connectivity index (χ3n) is 2.43. The summed E-state index contributed by atoms with van der Waals surface area (Å²) in [4.78, 5) is 2.32. The van der Waals surface area contributed by atoms with Gasteiger partial charge in [-0.25, -0.2) is 0 Å². The van der Waals surface area contributed by atoms with Crippen LogP contribution >= 0.6 is 27.3 Å². The fraction of sp³-hybridized carbons (Fsp3) is 0.231. The van der Waals surface area contributed by atoms with Crippen LogP contribution in [0.25, 0.3) is 0 Å². The molecule has 0 fully saturated rings. The van der Waals surface area contributed by atoms with Gasteiger partial charge in [0.2, 0.25) is 0 Å². The third-order valence-corrected chi connectivity index (χ3v) is 3.94. The Bertz CT molecular complexity index is 439. The molecule has 0 atom stereocenters. The van der Waals surface area contributed by atoms with Gasteiger partial charge in [-0.3, -0.25) is 4.90 Å². The van der Waals surface area contributed by atoms with Gasteiger partial charge in [-0.05, 0) is 41.1 Å². The highest BCUT2D eigenvalue weighted by atomic mass is 79.9. The molecule has 0 radical (unpaired) electrons. The van der Waals surface area contributed by atoms with Crippen molar-refractivity contribution in [1.29, 1.82) is 0 Å². The lowest BCUT2D eigenvalue weighted by molar-refractivity contribution is 0.319. The molecular weight excluding hydrogens is 282 g/mol. The van der Waals surface area contributed by atoms with Crippen LogP contribution in [0.5, 0.6) is 0 Å². The number of rotatable bonds is 4. The molecule has 1 aromatic heterocycles. The first-order valence-electron chi connectivity index (χ1n) is 5.19. The summed E-state index contributed by atoms with van der Waals surface area (Å²) in [5.41, 5.74) is 2.72. The van der Waals surface area contributed by atoms with Crippen molar-refractivity contribution in [2.45, 2.75) is 13.1 Å². The predicted octanol–water partition coefficient (Wildman–Crippen LogP) is 4.14. The summed E-state index contributed by atoms with van der Waals surface area (Å²) in [6, 6.07) is 10.6. The second-order valence-electron chi connectivity index (χ2n) is 3.90. The van der Waals surface area contributed by atoms with E-state index in [4.69, 9.17) is 0 Å². The lowest BCUT2D eigenvalue weighted by Gasteiger charge is -2.16. The van der Waals surface area contributed by atoms with E-state index in [1.807, 2.05) is 6.07 Å². The van der Waals surface area contributed by atoms with Crippen molar-refractivity contribution in [2.24, 2.45) is 0 Å². The van der Waals surface area contributed by atoms with E-state index in [-0.39, 0.29) is 0 Å². The zero-order chi connectivity index (χ0) is 11.4. The smallest absolute Gasteiger partial charge is 0.0245 e. The molecule has 1 nitrogen and oxygen atoms in total. The van der Waals surface area contributed by atoms with E-state index in [9.17, 15) is 0 Å². The Labute approximate surface area is 109 Å². The summed E-state index contributed by atoms with van der Waals surface area (Å²) >= 11 is 5.33. The van der Waals surface area contributed by atoms with E-state index in [1.54, 1.807) is 11.3 Å². The van der Waals surface area contributed by atoms with Gasteiger partial charge < -0.3 is 0 Å². The van der Waals surface area contributed by atoms with E-state index < -0.39 is 0 Å². The third kappa shape index (κ3) is 3.17. The number of halogens is 1. The predicted molar refractivity (Wildman–Crippen MR) is 73.6 cm³/mol. The molecule has 0 amide bonds. The lowest BCUT2D eigenvalue weighted by atomic mass is 10.2. The fourth-order valence-corrected chi connectivity index (χ4v) is 2.74. The zero-order valence-corrected chi connectivity index (χ0v) is 11.6. The number of hydrogen-bond donors (Lipinski definition) is 0. The van der Waals surface area contributed by atoms with Crippen molar-refractivity contribution in [3.63, 3.8) is 0 Å². The van der Waals surface area contributed by atoms with Gasteiger partial charge in [-0.2, -0.15) is 11.3 Å². The molecule has 2 aromatic rings. The molecule has 0 bridgehead atoms. The average Bonchev–Trinajstić information content (AvgIpc) is 2.74. The summed E-state index contributed by atoms with van der Waals surface area (Å²) in [5.74, 6) is 0. The van der Waals surface area contributed by atoms with Crippen molar-refractivity contribution in [1.82, 2.24) is 4.90 Å². The molecule has 0 aliphatic carbocycles. The molecule has 0 saturated carbocycles. The molecule has 0 spiro atoms. The highest BCUT2D eigenvalue weighted by molar-refractivity contribution is 9.10. The Balaban J connectivity index is 1.97. The van der Waals surface area contributed by atoms with Gasteiger partial charge in [0, 0.05) is 17.6 Å². The largest absolute Gasteiger partial charge is 0.298 e. The van der Waals surface area contributed by atoms with Crippen LogP contribution in [0.1, 0.15) is 11.1 Å². The maximum Gasteiger partial charge on any atom is 0.0245 e. The highest BCUT2D eigenvalue weighted by Gasteiger charge is 2.04. The first kappa shape index (κ1) is 11.8. The summed E-state index contributed by atoms with van der Waals surface area (Å²) in [6.07, 6.45) is 0. The number of benzene rings is 1. The fourth-order valence-electron chi connectivity index (χ4n) is 1.67. The summed E-state index contributed by atoms with van der Waals surface area (Å²) < 4.78 is 1.19. The van der Waals surface area contributed by atoms with Crippen molar-refractivity contribution < 1.29 is 0 Å². The van der Waals surface area contributed by atoms with Gasteiger partial charge in [0.1, 0.15) is 0 Å². The second kappa shape index (κ2) is 5.62. The molecular formula is C13H14BrNS. The number of nitrogens with zero attached hydrogens (tertiary/aromatic N) is 1. The molecule has 0 unspecified atom stereocenters. The summed E-state index contributed by atoms with van der Waals surface area (Å²) in [5, 5.41) is 4.33. The Morgan fingerprint density at radius 2 is 2.00 bits per heavy atom. The summed E-state index contributed by atoms with van der Waals surface area (Å²) in [6.45, 7) is 1.97. The SMILES string of the molecule is CN(Cc1ccsc1)Cc1ccccc1Br. The topological polar surface area (TPSA) is 3.24 Å². The van der Waals surface area contributed by atoms with Crippen LogP contribution in [0.15, 0.2) is 45.6 Å². The molecule has 1 aromatic carbocycles. The van der Waals surface area contributed by atoms with Crippen LogP contribution < -0.4 is 0 Å².